The Morgan fingerprint density at radius 1 is 1.18 bits per heavy atom. The van der Waals surface area contributed by atoms with E-state index in [1.165, 1.54) is 6.07 Å². The summed E-state index contributed by atoms with van der Waals surface area (Å²) < 4.78 is 13.5. The molecular formula is C14H15FN2. The number of benzene rings is 1. The fourth-order valence-corrected chi connectivity index (χ4v) is 1.72. The second-order valence-corrected chi connectivity index (χ2v) is 3.93. The van der Waals surface area contributed by atoms with E-state index in [1.807, 2.05) is 31.2 Å². The number of hydrogen-bond donors (Lipinski definition) is 1. The Morgan fingerprint density at radius 2 is 2.06 bits per heavy atom. The number of aryl methyl sites for hydroxylation is 1. The molecule has 0 amide bonds. The molecule has 0 atom stereocenters. The van der Waals surface area contributed by atoms with Crippen LogP contribution in [-0.4, -0.2) is 11.5 Å². The number of aromatic nitrogens is 1. The summed E-state index contributed by atoms with van der Waals surface area (Å²) in [5, 5.41) is 3.11. The first kappa shape index (κ1) is 11.6. The predicted octanol–water partition coefficient (Wildman–Crippen LogP) is 3.18. The number of nitrogens with zero attached hydrogens (tertiary/aromatic N) is 1. The molecule has 2 aromatic rings. The van der Waals surface area contributed by atoms with Crippen LogP contribution in [0.1, 0.15) is 11.3 Å². The molecule has 0 aliphatic heterocycles. The van der Waals surface area contributed by atoms with Gasteiger partial charge in [-0.3, -0.25) is 4.98 Å². The molecule has 1 heterocycles. The summed E-state index contributed by atoms with van der Waals surface area (Å²) in [5.74, 6) is -0.203. The zero-order valence-electron chi connectivity index (χ0n) is 9.78. The first-order chi connectivity index (χ1) is 8.27. The Hall–Kier alpha value is -1.90. The van der Waals surface area contributed by atoms with Gasteiger partial charge in [0.2, 0.25) is 0 Å². The van der Waals surface area contributed by atoms with Gasteiger partial charge in [-0.05, 0) is 30.7 Å². The second kappa shape index (κ2) is 5.43. The molecular weight excluding hydrogens is 215 g/mol. The minimum atomic E-state index is -0.203. The highest BCUT2D eigenvalue weighted by atomic mass is 19.1. The summed E-state index contributed by atoms with van der Waals surface area (Å²) in [6.07, 6.45) is 2.55. The van der Waals surface area contributed by atoms with Crippen molar-refractivity contribution in [3.8, 4) is 0 Å². The van der Waals surface area contributed by atoms with Crippen molar-refractivity contribution in [3.63, 3.8) is 0 Å². The molecule has 0 spiro atoms. The molecule has 0 unspecified atom stereocenters. The fourth-order valence-electron chi connectivity index (χ4n) is 1.72. The molecule has 2 rings (SSSR count). The Bertz CT molecular complexity index is 463. The number of nitrogens with one attached hydrogen (secondary N) is 1. The summed E-state index contributed by atoms with van der Waals surface area (Å²) in [6.45, 7) is 2.57. The Labute approximate surface area is 101 Å². The van der Waals surface area contributed by atoms with Crippen LogP contribution in [0.25, 0.3) is 0 Å². The molecule has 1 N–H and O–H groups in total. The topological polar surface area (TPSA) is 24.9 Å². The minimum Gasteiger partial charge on any atom is -0.382 e. The van der Waals surface area contributed by atoms with Gasteiger partial charge < -0.3 is 5.32 Å². The van der Waals surface area contributed by atoms with Gasteiger partial charge >= 0.3 is 0 Å². The van der Waals surface area contributed by atoms with Crippen LogP contribution < -0.4 is 5.32 Å². The molecule has 0 radical (unpaired) electrons. The van der Waals surface area contributed by atoms with Crippen LogP contribution in [-0.2, 0) is 6.42 Å². The van der Waals surface area contributed by atoms with Crippen LogP contribution in [0.15, 0.2) is 42.6 Å². The van der Waals surface area contributed by atoms with E-state index in [0.29, 0.717) is 12.2 Å². The van der Waals surface area contributed by atoms with E-state index in [1.54, 1.807) is 12.3 Å². The van der Waals surface area contributed by atoms with Crippen molar-refractivity contribution >= 4 is 5.69 Å². The average Bonchev–Trinajstić information content (AvgIpc) is 2.34. The molecule has 2 nitrogen and oxygen atoms in total. The molecule has 3 heteroatoms. The Balaban J connectivity index is 1.95. The van der Waals surface area contributed by atoms with Gasteiger partial charge in [-0.15, -0.1) is 0 Å². The summed E-state index contributed by atoms with van der Waals surface area (Å²) in [5.41, 5.74) is 2.52. The van der Waals surface area contributed by atoms with Gasteiger partial charge in [0.1, 0.15) is 5.82 Å². The summed E-state index contributed by atoms with van der Waals surface area (Å²) in [7, 11) is 0. The van der Waals surface area contributed by atoms with Crippen molar-refractivity contribution in [2.24, 2.45) is 0 Å². The van der Waals surface area contributed by atoms with Gasteiger partial charge in [-0.25, -0.2) is 4.39 Å². The van der Waals surface area contributed by atoms with Gasteiger partial charge in [0.05, 0.1) is 5.69 Å². The van der Waals surface area contributed by atoms with Crippen LogP contribution in [0.2, 0.25) is 0 Å². The van der Waals surface area contributed by atoms with E-state index in [9.17, 15) is 4.39 Å². The third-order valence-electron chi connectivity index (χ3n) is 2.63. The van der Waals surface area contributed by atoms with E-state index < -0.39 is 0 Å². The van der Waals surface area contributed by atoms with Crippen LogP contribution in [0.5, 0.6) is 0 Å². The molecule has 1 aromatic heterocycles. The maximum absolute atomic E-state index is 13.5. The molecule has 1 aromatic carbocycles. The summed E-state index contributed by atoms with van der Waals surface area (Å²) >= 11 is 0. The lowest BCUT2D eigenvalue weighted by molar-refractivity contribution is 0.629. The predicted molar refractivity (Wildman–Crippen MR) is 67.6 cm³/mol. The molecule has 0 saturated carbocycles. The van der Waals surface area contributed by atoms with Crippen LogP contribution in [0.3, 0.4) is 0 Å². The molecule has 0 fully saturated rings. The molecule has 0 aliphatic carbocycles. The largest absolute Gasteiger partial charge is 0.382 e. The van der Waals surface area contributed by atoms with Crippen molar-refractivity contribution in [3.05, 3.63) is 59.7 Å². The van der Waals surface area contributed by atoms with Crippen LogP contribution >= 0.6 is 0 Å². The standard InChI is InChI=1S/C14H15FN2/c1-11-5-4-7-13(15)14(11)17-10-8-12-6-2-3-9-16-12/h2-7,9,17H,8,10H2,1H3. The maximum atomic E-state index is 13.5. The smallest absolute Gasteiger partial charge is 0.146 e. The van der Waals surface area contributed by atoms with Crippen LogP contribution in [0.4, 0.5) is 10.1 Å². The highest BCUT2D eigenvalue weighted by molar-refractivity contribution is 5.51. The third-order valence-corrected chi connectivity index (χ3v) is 2.63. The van der Waals surface area contributed by atoms with E-state index >= 15 is 0 Å². The van der Waals surface area contributed by atoms with Gasteiger partial charge in [-0.1, -0.05) is 18.2 Å². The molecule has 17 heavy (non-hydrogen) atoms. The van der Waals surface area contributed by atoms with Crippen molar-refractivity contribution in [1.29, 1.82) is 0 Å². The Morgan fingerprint density at radius 3 is 2.76 bits per heavy atom. The number of hydrogen-bond acceptors (Lipinski definition) is 2. The summed E-state index contributed by atoms with van der Waals surface area (Å²) in [4.78, 5) is 4.22. The maximum Gasteiger partial charge on any atom is 0.146 e. The zero-order valence-corrected chi connectivity index (χ0v) is 9.78. The first-order valence-corrected chi connectivity index (χ1v) is 5.66. The summed E-state index contributed by atoms with van der Waals surface area (Å²) in [6, 6.07) is 10.9. The third kappa shape index (κ3) is 3.03. The molecule has 0 bridgehead atoms. The lowest BCUT2D eigenvalue weighted by Crippen LogP contribution is -2.08. The fraction of sp³-hybridized carbons (Fsp3) is 0.214. The lowest BCUT2D eigenvalue weighted by atomic mass is 10.2. The monoisotopic (exact) mass is 230 g/mol. The normalized spacial score (nSPS) is 10.2. The average molecular weight is 230 g/mol. The number of rotatable bonds is 4. The number of pyridine rings is 1. The number of para-hydroxylation sites is 1. The van der Waals surface area contributed by atoms with Gasteiger partial charge in [0.15, 0.2) is 0 Å². The number of halogens is 1. The highest BCUT2D eigenvalue weighted by Crippen LogP contribution is 2.18. The molecule has 88 valence electrons. The second-order valence-electron chi connectivity index (χ2n) is 3.93. The zero-order chi connectivity index (χ0) is 12.1. The number of anilines is 1. The Kier molecular flexibility index (Phi) is 3.70. The minimum absolute atomic E-state index is 0.203. The SMILES string of the molecule is Cc1cccc(F)c1NCCc1ccccn1. The van der Waals surface area contributed by atoms with E-state index in [0.717, 1.165) is 17.7 Å². The van der Waals surface area contributed by atoms with Crippen molar-refractivity contribution < 1.29 is 4.39 Å². The van der Waals surface area contributed by atoms with Crippen molar-refractivity contribution in [2.75, 3.05) is 11.9 Å². The first-order valence-electron chi connectivity index (χ1n) is 5.66. The van der Waals surface area contributed by atoms with Gasteiger partial charge in [0.25, 0.3) is 0 Å². The highest BCUT2D eigenvalue weighted by Gasteiger charge is 2.03. The molecule has 0 saturated heterocycles. The van der Waals surface area contributed by atoms with Crippen LogP contribution in [0, 0.1) is 12.7 Å². The van der Waals surface area contributed by atoms with Crippen molar-refractivity contribution in [1.82, 2.24) is 4.98 Å². The van der Waals surface area contributed by atoms with Gasteiger partial charge in [-0.2, -0.15) is 0 Å². The molecule has 0 aliphatic rings. The van der Waals surface area contributed by atoms with E-state index in [4.69, 9.17) is 0 Å². The van der Waals surface area contributed by atoms with E-state index in [2.05, 4.69) is 10.3 Å². The van der Waals surface area contributed by atoms with Gasteiger partial charge in [0, 0.05) is 24.9 Å². The van der Waals surface area contributed by atoms with E-state index in [-0.39, 0.29) is 5.82 Å². The lowest BCUT2D eigenvalue weighted by Gasteiger charge is -2.10. The van der Waals surface area contributed by atoms with Crippen molar-refractivity contribution in [2.45, 2.75) is 13.3 Å². The quantitative estimate of drug-likeness (QED) is 0.872.